The molecular weight excluding hydrogens is 322 g/mol. The maximum absolute atomic E-state index is 12.3. The van der Waals surface area contributed by atoms with Crippen molar-refractivity contribution in [2.45, 2.75) is 44.2 Å². The number of amides is 1. The summed E-state index contributed by atoms with van der Waals surface area (Å²) in [5, 5.41) is 14.2. The molecule has 2 rings (SSSR count). The van der Waals surface area contributed by atoms with Gasteiger partial charge in [0, 0.05) is 17.6 Å². The number of rotatable bonds is 6. The van der Waals surface area contributed by atoms with E-state index in [1.807, 2.05) is 0 Å². The van der Waals surface area contributed by atoms with E-state index in [0.29, 0.717) is 6.54 Å². The van der Waals surface area contributed by atoms with Crippen LogP contribution in [0.5, 0.6) is 5.75 Å². The second kappa shape index (κ2) is 7.14. The Labute approximate surface area is 139 Å². The van der Waals surface area contributed by atoms with Crippen LogP contribution in [-0.2, 0) is 4.79 Å². The Balaban J connectivity index is 2.08. The predicted octanol–water partition coefficient (Wildman–Crippen LogP) is 2.40. The first-order valence-corrected chi connectivity index (χ1v) is 7.87. The molecule has 0 radical (unpaired) electrons. The molecule has 0 saturated heterocycles. The van der Waals surface area contributed by atoms with E-state index < -0.39 is 11.0 Å². The Morgan fingerprint density at radius 2 is 2.17 bits per heavy atom. The van der Waals surface area contributed by atoms with Crippen molar-refractivity contribution in [1.82, 2.24) is 5.32 Å². The van der Waals surface area contributed by atoms with Crippen molar-refractivity contribution < 1.29 is 14.5 Å². The average molecular weight is 342 g/mol. The average Bonchev–Trinajstić information content (AvgIpc) is 2.97. The molecule has 0 aliphatic heterocycles. The second-order valence-corrected chi connectivity index (χ2v) is 6.25. The van der Waals surface area contributed by atoms with Gasteiger partial charge in [0.25, 0.3) is 5.91 Å². The minimum Gasteiger partial charge on any atom is -0.474 e. The van der Waals surface area contributed by atoms with Gasteiger partial charge in [0.05, 0.1) is 10.5 Å². The van der Waals surface area contributed by atoms with Gasteiger partial charge in [-0.2, -0.15) is 0 Å². The molecule has 1 aromatic carbocycles. The van der Waals surface area contributed by atoms with E-state index in [2.05, 4.69) is 5.32 Å². The van der Waals surface area contributed by atoms with E-state index >= 15 is 0 Å². The van der Waals surface area contributed by atoms with Gasteiger partial charge < -0.3 is 15.8 Å². The number of nitro groups is 1. The number of hydrogen-bond acceptors (Lipinski definition) is 5. The van der Waals surface area contributed by atoms with Crippen LogP contribution in [0.1, 0.15) is 32.6 Å². The fraction of sp³-hybridized carbons (Fsp3) is 0.533. The van der Waals surface area contributed by atoms with Gasteiger partial charge in [0.1, 0.15) is 0 Å². The molecule has 0 aromatic heterocycles. The molecule has 7 nitrogen and oxygen atoms in total. The van der Waals surface area contributed by atoms with Crippen molar-refractivity contribution in [3.8, 4) is 5.75 Å². The van der Waals surface area contributed by atoms with Crippen LogP contribution >= 0.6 is 11.6 Å². The molecule has 1 amide bonds. The highest BCUT2D eigenvalue weighted by Crippen LogP contribution is 2.31. The van der Waals surface area contributed by atoms with Gasteiger partial charge in [-0.05, 0) is 31.9 Å². The van der Waals surface area contributed by atoms with E-state index in [1.165, 1.54) is 18.2 Å². The summed E-state index contributed by atoms with van der Waals surface area (Å²) in [5.41, 5.74) is 5.13. The normalized spacial score (nSPS) is 17.5. The first kappa shape index (κ1) is 17.5. The summed E-state index contributed by atoms with van der Waals surface area (Å²) >= 11 is 5.76. The number of nitrogens with zero attached hydrogens (tertiary/aromatic N) is 1. The Morgan fingerprint density at radius 1 is 1.52 bits per heavy atom. The first-order chi connectivity index (χ1) is 10.9. The van der Waals surface area contributed by atoms with Crippen molar-refractivity contribution >= 4 is 23.2 Å². The number of carbonyl (C=O) groups excluding carboxylic acids is 1. The molecule has 1 unspecified atom stereocenters. The molecule has 3 N–H and O–H groups in total. The molecule has 8 heteroatoms. The lowest BCUT2D eigenvalue weighted by molar-refractivity contribution is -0.386. The topological polar surface area (TPSA) is 107 Å². The Hall–Kier alpha value is -1.86. The summed E-state index contributed by atoms with van der Waals surface area (Å²) in [7, 11) is 0. The number of nitrogens with two attached hydrogens (primary N) is 1. The summed E-state index contributed by atoms with van der Waals surface area (Å²) in [6, 6.07) is 4.06. The molecule has 0 spiro atoms. The summed E-state index contributed by atoms with van der Waals surface area (Å²) in [5.74, 6) is -0.322. The number of hydrogen-bond donors (Lipinski definition) is 2. The Bertz CT molecular complexity index is 602. The fourth-order valence-corrected chi connectivity index (χ4v) is 2.94. The molecule has 0 heterocycles. The van der Waals surface area contributed by atoms with Crippen LogP contribution in [0.15, 0.2) is 18.2 Å². The van der Waals surface area contributed by atoms with Crippen molar-refractivity contribution in [2.75, 3.05) is 6.54 Å². The third-order valence-electron chi connectivity index (χ3n) is 4.13. The van der Waals surface area contributed by atoms with Crippen LogP contribution in [0, 0.1) is 10.1 Å². The summed E-state index contributed by atoms with van der Waals surface area (Å²) in [4.78, 5) is 22.8. The van der Waals surface area contributed by atoms with Gasteiger partial charge in [-0.1, -0.05) is 24.4 Å². The number of benzene rings is 1. The molecular formula is C15H20ClN3O4. The number of ether oxygens (including phenoxy) is 1. The second-order valence-electron chi connectivity index (χ2n) is 5.81. The standard InChI is InChI=1S/C15H20ClN3O4/c1-10(14(20)18-15(9-17)6-2-3-7-15)23-13-5-4-11(16)8-12(13)19(21)22/h4-5,8,10H,2-3,6-7,9,17H2,1H3,(H,18,20). The maximum Gasteiger partial charge on any atom is 0.312 e. The lowest BCUT2D eigenvalue weighted by Gasteiger charge is -2.30. The fourth-order valence-electron chi connectivity index (χ4n) is 2.77. The molecule has 1 aliphatic rings. The van der Waals surface area contributed by atoms with Crippen molar-refractivity contribution in [3.05, 3.63) is 33.3 Å². The smallest absolute Gasteiger partial charge is 0.312 e. The maximum atomic E-state index is 12.3. The summed E-state index contributed by atoms with van der Waals surface area (Å²) in [6.45, 7) is 1.92. The van der Waals surface area contributed by atoms with E-state index in [-0.39, 0.29) is 27.9 Å². The minimum atomic E-state index is -0.876. The Morgan fingerprint density at radius 3 is 2.74 bits per heavy atom. The number of nitrogens with one attached hydrogen (secondary N) is 1. The number of carbonyl (C=O) groups is 1. The van der Waals surface area contributed by atoms with Gasteiger partial charge >= 0.3 is 5.69 Å². The molecule has 126 valence electrons. The first-order valence-electron chi connectivity index (χ1n) is 7.49. The molecule has 1 aromatic rings. The quantitative estimate of drug-likeness (QED) is 0.610. The van der Waals surface area contributed by atoms with E-state index in [0.717, 1.165) is 25.7 Å². The summed E-state index contributed by atoms with van der Waals surface area (Å²) < 4.78 is 5.47. The van der Waals surface area contributed by atoms with Gasteiger partial charge in [-0.3, -0.25) is 14.9 Å². The zero-order valence-corrected chi connectivity index (χ0v) is 13.6. The van der Waals surface area contributed by atoms with Crippen LogP contribution in [0.4, 0.5) is 5.69 Å². The largest absolute Gasteiger partial charge is 0.474 e. The Kier molecular flexibility index (Phi) is 5.43. The van der Waals surface area contributed by atoms with Crippen molar-refractivity contribution in [3.63, 3.8) is 0 Å². The van der Waals surface area contributed by atoms with Crippen LogP contribution < -0.4 is 15.8 Å². The lowest BCUT2D eigenvalue weighted by Crippen LogP contribution is -2.54. The van der Waals surface area contributed by atoms with Crippen molar-refractivity contribution in [1.29, 1.82) is 0 Å². The molecule has 23 heavy (non-hydrogen) atoms. The van der Waals surface area contributed by atoms with Crippen molar-refractivity contribution in [2.24, 2.45) is 5.73 Å². The number of nitro benzene ring substituents is 1. The van der Waals surface area contributed by atoms with E-state index in [4.69, 9.17) is 22.1 Å². The van der Waals surface area contributed by atoms with Gasteiger partial charge in [-0.25, -0.2) is 0 Å². The van der Waals surface area contributed by atoms with Crippen LogP contribution in [0.2, 0.25) is 5.02 Å². The van der Waals surface area contributed by atoms with E-state index in [1.54, 1.807) is 6.92 Å². The van der Waals surface area contributed by atoms with Crippen LogP contribution in [0.25, 0.3) is 0 Å². The zero-order chi connectivity index (χ0) is 17.0. The van der Waals surface area contributed by atoms with Crippen LogP contribution in [0.3, 0.4) is 0 Å². The summed E-state index contributed by atoms with van der Waals surface area (Å²) in [6.07, 6.45) is 2.84. The van der Waals surface area contributed by atoms with E-state index in [9.17, 15) is 14.9 Å². The lowest BCUT2D eigenvalue weighted by atomic mass is 9.97. The molecule has 1 fully saturated rings. The molecule has 1 aliphatic carbocycles. The monoisotopic (exact) mass is 341 g/mol. The van der Waals surface area contributed by atoms with Gasteiger partial charge in [0.2, 0.25) is 0 Å². The molecule has 0 bridgehead atoms. The molecule has 1 atom stereocenters. The van der Waals surface area contributed by atoms with Gasteiger partial charge in [0.15, 0.2) is 11.9 Å². The third-order valence-corrected chi connectivity index (χ3v) is 4.37. The highest BCUT2D eigenvalue weighted by molar-refractivity contribution is 6.30. The molecule has 1 saturated carbocycles. The third kappa shape index (κ3) is 4.11. The van der Waals surface area contributed by atoms with Crippen LogP contribution in [-0.4, -0.2) is 29.0 Å². The SMILES string of the molecule is CC(Oc1ccc(Cl)cc1[N+](=O)[O-])C(=O)NC1(CN)CCCC1. The van der Waals surface area contributed by atoms with Gasteiger partial charge in [-0.15, -0.1) is 0 Å². The highest BCUT2D eigenvalue weighted by atomic mass is 35.5. The zero-order valence-electron chi connectivity index (χ0n) is 12.9. The predicted molar refractivity (Wildman–Crippen MR) is 86.6 cm³/mol. The number of halogens is 1. The minimum absolute atomic E-state index is 0.00951. The highest BCUT2D eigenvalue weighted by Gasteiger charge is 2.35.